The molecule has 1 saturated heterocycles. The van der Waals surface area contributed by atoms with E-state index < -0.39 is 0 Å². The van der Waals surface area contributed by atoms with E-state index in [0.29, 0.717) is 13.1 Å². The predicted octanol–water partition coefficient (Wildman–Crippen LogP) is 0.310. The Morgan fingerprint density at radius 1 is 1.33 bits per heavy atom. The van der Waals surface area contributed by atoms with Gasteiger partial charge in [-0.1, -0.05) is 0 Å². The molecule has 0 radical (unpaired) electrons. The topological polar surface area (TPSA) is 43.8 Å². The van der Waals surface area contributed by atoms with Crippen LogP contribution >= 0.6 is 0 Å². The maximum absolute atomic E-state index is 11.9. The second-order valence-corrected chi connectivity index (χ2v) is 4.62. The van der Waals surface area contributed by atoms with Crippen LogP contribution in [0.5, 0.6) is 0 Å². The molecule has 0 bridgehead atoms. The fourth-order valence-corrected chi connectivity index (χ4v) is 2.03. The molecule has 1 rings (SSSR count). The number of hydrogen-bond acceptors (Lipinski definition) is 3. The fourth-order valence-electron chi connectivity index (χ4n) is 2.03. The molecule has 1 N–H and O–H groups in total. The molecule has 0 aliphatic carbocycles. The van der Waals surface area contributed by atoms with Crippen molar-refractivity contribution in [2.45, 2.75) is 39.3 Å². The van der Waals surface area contributed by atoms with Crippen molar-refractivity contribution in [3.63, 3.8) is 0 Å². The average molecular weight is 214 g/mol. The highest BCUT2D eigenvalue weighted by Gasteiger charge is 2.23. The summed E-state index contributed by atoms with van der Waals surface area (Å²) in [5, 5.41) is 9.29. The maximum atomic E-state index is 11.9. The molecule has 1 amide bonds. The van der Waals surface area contributed by atoms with Crippen molar-refractivity contribution in [1.29, 1.82) is 0 Å². The molecular weight excluding hydrogens is 192 g/mol. The lowest BCUT2D eigenvalue weighted by Crippen LogP contribution is -2.41. The first kappa shape index (κ1) is 12.5. The van der Waals surface area contributed by atoms with Crippen molar-refractivity contribution in [1.82, 2.24) is 9.80 Å². The van der Waals surface area contributed by atoms with Gasteiger partial charge >= 0.3 is 0 Å². The zero-order valence-corrected chi connectivity index (χ0v) is 9.94. The second kappa shape index (κ2) is 5.47. The van der Waals surface area contributed by atoms with E-state index in [4.69, 9.17) is 0 Å². The maximum Gasteiger partial charge on any atom is 0.236 e. The molecule has 0 spiro atoms. The molecule has 15 heavy (non-hydrogen) atoms. The number of aliphatic hydroxyl groups is 1. The van der Waals surface area contributed by atoms with Gasteiger partial charge in [0.1, 0.15) is 0 Å². The van der Waals surface area contributed by atoms with Crippen LogP contribution in [0.2, 0.25) is 0 Å². The Labute approximate surface area is 91.9 Å². The molecule has 1 heterocycles. The third-order valence-corrected chi connectivity index (χ3v) is 2.70. The van der Waals surface area contributed by atoms with Crippen molar-refractivity contribution in [2.24, 2.45) is 0 Å². The number of β-amino-alcohol motifs (C(OH)–C–C–N with tert-alkyl or cyclic N) is 1. The highest BCUT2D eigenvalue weighted by molar-refractivity contribution is 5.78. The summed E-state index contributed by atoms with van der Waals surface area (Å²) in [5.41, 5.74) is 0. The van der Waals surface area contributed by atoms with Gasteiger partial charge in [0.2, 0.25) is 5.91 Å². The van der Waals surface area contributed by atoms with Gasteiger partial charge < -0.3 is 10.0 Å². The number of carbonyl (C=O) groups excluding carboxylic acids is 1. The van der Waals surface area contributed by atoms with Gasteiger partial charge in [-0.05, 0) is 27.2 Å². The summed E-state index contributed by atoms with van der Waals surface area (Å²) in [7, 11) is 0. The Kier molecular flexibility index (Phi) is 4.54. The van der Waals surface area contributed by atoms with Gasteiger partial charge in [0.25, 0.3) is 0 Å². The lowest BCUT2D eigenvalue weighted by atomic mass is 10.3. The molecule has 4 heteroatoms. The van der Waals surface area contributed by atoms with Crippen LogP contribution in [0.1, 0.15) is 27.2 Å². The first-order chi connectivity index (χ1) is 7.00. The summed E-state index contributed by atoms with van der Waals surface area (Å²) in [4.78, 5) is 15.8. The van der Waals surface area contributed by atoms with E-state index in [-0.39, 0.29) is 18.1 Å². The SMILES string of the molecule is CC(O)CN1CCCN(C(C)C)C(=O)C1. The van der Waals surface area contributed by atoms with Crippen LogP contribution in [-0.2, 0) is 4.79 Å². The van der Waals surface area contributed by atoms with Gasteiger partial charge in [0.15, 0.2) is 0 Å². The van der Waals surface area contributed by atoms with Crippen molar-refractivity contribution in [2.75, 3.05) is 26.2 Å². The molecule has 4 nitrogen and oxygen atoms in total. The lowest BCUT2D eigenvalue weighted by Gasteiger charge is -2.25. The number of nitrogens with zero attached hydrogens (tertiary/aromatic N) is 2. The Bertz CT molecular complexity index is 217. The van der Waals surface area contributed by atoms with Gasteiger partial charge in [-0.2, -0.15) is 0 Å². The summed E-state index contributed by atoms with van der Waals surface area (Å²) < 4.78 is 0. The Morgan fingerprint density at radius 3 is 2.53 bits per heavy atom. The zero-order chi connectivity index (χ0) is 11.4. The molecule has 0 saturated carbocycles. The van der Waals surface area contributed by atoms with Crippen LogP contribution in [-0.4, -0.2) is 59.1 Å². The van der Waals surface area contributed by atoms with E-state index in [0.717, 1.165) is 19.5 Å². The van der Waals surface area contributed by atoms with Crippen LogP contribution in [0.15, 0.2) is 0 Å². The van der Waals surface area contributed by atoms with E-state index in [1.54, 1.807) is 6.92 Å². The van der Waals surface area contributed by atoms with Crippen LogP contribution < -0.4 is 0 Å². The average Bonchev–Trinajstić information content (AvgIpc) is 2.25. The highest BCUT2D eigenvalue weighted by Crippen LogP contribution is 2.08. The summed E-state index contributed by atoms with van der Waals surface area (Å²) >= 11 is 0. The van der Waals surface area contributed by atoms with Gasteiger partial charge in [-0.3, -0.25) is 9.69 Å². The normalized spacial score (nSPS) is 21.9. The predicted molar refractivity (Wildman–Crippen MR) is 59.6 cm³/mol. The first-order valence-electron chi connectivity index (χ1n) is 5.70. The number of rotatable bonds is 3. The fraction of sp³-hybridized carbons (Fsp3) is 0.909. The van der Waals surface area contributed by atoms with Crippen molar-refractivity contribution in [3.05, 3.63) is 0 Å². The standard InChI is InChI=1S/C11H22N2O2/c1-9(2)13-6-4-5-12(7-10(3)14)8-11(13)15/h9-10,14H,4-8H2,1-3H3. The van der Waals surface area contributed by atoms with Crippen molar-refractivity contribution in [3.8, 4) is 0 Å². The molecule has 0 aromatic carbocycles. The quantitative estimate of drug-likeness (QED) is 0.735. The Balaban J connectivity index is 2.53. The molecule has 1 aliphatic rings. The molecule has 1 aliphatic heterocycles. The lowest BCUT2D eigenvalue weighted by molar-refractivity contribution is -0.132. The minimum absolute atomic E-state index is 0.183. The largest absolute Gasteiger partial charge is 0.392 e. The summed E-state index contributed by atoms with van der Waals surface area (Å²) in [6.07, 6.45) is 0.639. The van der Waals surface area contributed by atoms with Crippen LogP contribution in [0.3, 0.4) is 0 Å². The number of amides is 1. The highest BCUT2D eigenvalue weighted by atomic mass is 16.3. The number of aliphatic hydroxyl groups excluding tert-OH is 1. The van der Waals surface area contributed by atoms with Crippen LogP contribution in [0.25, 0.3) is 0 Å². The Morgan fingerprint density at radius 2 is 2.00 bits per heavy atom. The van der Waals surface area contributed by atoms with Crippen LogP contribution in [0.4, 0.5) is 0 Å². The molecule has 88 valence electrons. The molecule has 1 unspecified atom stereocenters. The summed E-state index contributed by atoms with van der Waals surface area (Å²) in [6.45, 7) is 8.63. The van der Waals surface area contributed by atoms with Crippen molar-refractivity contribution >= 4 is 5.91 Å². The molecule has 1 atom stereocenters. The first-order valence-corrected chi connectivity index (χ1v) is 5.70. The van der Waals surface area contributed by atoms with Gasteiger partial charge in [0, 0.05) is 25.7 Å². The van der Waals surface area contributed by atoms with Gasteiger partial charge in [-0.15, -0.1) is 0 Å². The summed E-state index contributed by atoms with van der Waals surface area (Å²) in [6, 6.07) is 0.281. The van der Waals surface area contributed by atoms with Crippen molar-refractivity contribution < 1.29 is 9.90 Å². The third-order valence-electron chi connectivity index (χ3n) is 2.70. The third kappa shape index (κ3) is 3.80. The second-order valence-electron chi connectivity index (χ2n) is 4.62. The molecule has 0 aromatic heterocycles. The minimum atomic E-state index is -0.358. The molecular formula is C11H22N2O2. The number of hydrogen-bond donors (Lipinski definition) is 1. The molecule has 0 aromatic rings. The number of carbonyl (C=O) groups is 1. The molecule has 1 fully saturated rings. The van der Waals surface area contributed by atoms with E-state index in [1.165, 1.54) is 0 Å². The van der Waals surface area contributed by atoms with Crippen LogP contribution in [0, 0.1) is 0 Å². The van der Waals surface area contributed by atoms with E-state index in [2.05, 4.69) is 0 Å². The monoisotopic (exact) mass is 214 g/mol. The van der Waals surface area contributed by atoms with Gasteiger partial charge in [-0.25, -0.2) is 0 Å². The minimum Gasteiger partial charge on any atom is -0.392 e. The smallest absolute Gasteiger partial charge is 0.236 e. The zero-order valence-electron chi connectivity index (χ0n) is 9.94. The van der Waals surface area contributed by atoms with E-state index >= 15 is 0 Å². The van der Waals surface area contributed by atoms with E-state index in [1.807, 2.05) is 23.6 Å². The Hall–Kier alpha value is -0.610. The summed E-state index contributed by atoms with van der Waals surface area (Å²) in [5.74, 6) is 0.183. The van der Waals surface area contributed by atoms with Gasteiger partial charge in [0.05, 0.1) is 12.6 Å². The van der Waals surface area contributed by atoms with E-state index in [9.17, 15) is 9.90 Å².